The summed E-state index contributed by atoms with van der Waals surface area (Å²) in [7, 11) is 0. The number of halogens is 2. The maximum Gasteiger partial charge on any atom is 0.123 e. The molecule has 0 amide bonds. The normalized spacial score (nSPS) is 15.8. The average molecular weight is 329 g/mol. The van der Waals surface area contributed by atoms with Crippen molar-refractivity contribution in [3.63, 3.8) is 0 Å². The predicted octanol–water partition coefficient (Wildman–Crippen LogP) is 5.27. The van der Waals surface area contributed by atoms with E-state index >= 15 is 0 Å². The van der Waals surface area contributed by atoms with Gasteiger partial charge in [-0.3, -0.25) is 0 Å². The number of piperidine rings is 1. The van der Waals surface area contributed by atoms with Gasteiger partial charge < -0.3 is 5.32 Å². The summed E-state index contributed by atoms with van der Waals surface area (Å²) in [6.07, 6.45) is 5.92. The monoisotopic (exact) mass is 329 g/mol. The molecule has 128 valence electrons. The van der Waals surface area contributed by atoms with Crippen LogP contribution in [0.5, 0.6) is 0 Å². The molecule has 2 aromatic rings. The first-order chi connectivity index (χ1) is 11.7. The van der Waals surface area contributed by atoms with Crippen LogP contribution >= 0.6 is 0 Å². The molecule has 1 aliphatic rings. The molecule has 1 saturated heterocycles. The Balaban J connectivity index is 1.69. The van der Waals surface area contributed by atoms with Crippen molar-refractivity contribution < 1.29 is 8.78 Å². The van der Waals surface area contributed by atoms with Crippen LogP contribution in [0.25, 0.3) is 0 Å². The first kappa shape index (κ1) is 17.1. The highest BCUT2D eigenvalue weighted by Gasteiger charge is 2.17. The number of hydrogen-bond donors (Lipinski definition) is 1. The maximum atomic E-state index is 13.2. The largest absolute Gasteiger partial charge is 0.317 e. The van der Waals surface area contributed by atoms with Crippen molar-refractivity contribution >= 4 is 0 Å². The van der Waals surface area contributed by atoms with Crippen molar-refractivity contribution in [2.75, 3.05) is 13.1 Å². The van der Waals surface area contributed by atoms with Crippen molar-refractivity contribution in [1.82, 2.24) is 5.32 Å². The van der Waals surface area contributed by atoms with Gasteiger partial charge in [0.15, 0.2) is 0 Å². The maximum absolute atomic E-state index is 13.2. The molecule has 2 aromatic carbocycles. The van der Waals surface area contributed by atoms with E-state index in [1.807, 2.05) is 24.3 Å². The van der Waals surface area contributed by atoms with Gasteiger partial charge in [0, 0.05) is 5.92 Å². The van der Waals surface area contributed by atoms with E-state index in [0.717, 1.165) is 43.0 Å². The zero-order valence-corrected chi connectivity index (χ0v) is 14.0. The lowest BCUT2D eigenvalue weighted by Crippen LogP contribution is -2.27. The second-order valence-electron chi connectivity index (χ2n) is 6.78. The molecular weight excluding hydrogens is 304 g/mol. The summed E-state index contributed by atoms with van der Waals surface area (Å²) in [5.74, 6) is 0.582. The van der Waals surface area contributed by atoms with E-state index in [1.165, 1.54) is 43.5 Å². The summed E-state index contributed by atoms with van der Waals surface area (Å²) in [6, 6.07) is 13.5. The zero-order chi connectivity index (χ0) is 16.8. The van der Waals surface area contributed by atoms with Crippen LogP contribution in [0.4, 0.5) is 8.78 Å². The van der Waals surface area contributed by atoms with Crippen LogP contribution in [0, 0.1) is 17.6 Å². The lowest BCUT2D eigenvalue weighted by molar-refractivity contribution is 0.342. The summed E-state index contributed by atoms with van der Waals surface area (Å²) in [4.78, 5) is 0. The van der Waals surface area contributed by atoms with Crippen LogP contribution in [-0.4, -0.2) is 13.1 Å². The molecule has 0 aliphatic carbocycles. The van der Waals surface area contributed by atoms with E-state index < -0.39 is 0 Å². The summed E-state index contributed by atoms with van der Waals surface area (Å²) in [5, 5.41) is 3.41. The van der Waals surface area contributed by atoms with Crippen LogP contribution < -0.4 is 5.32 Å². The van der Waals surface area contributed by atoms with Gasteiger partial charge in [0.1, 0.15) is 11.6 Å². The molecule has 1 nitrogen and oxygen atoms in total. The minimum atomic E-state index is -0.216. The smallest absolute Gasteiger partial charge is 0.123 e. The van der Waals surface area contributed by atoms with Gasteiger partial charge in [-0.05, 0) is 73.7 Å². The molecule has 3 rings (SSSR count). The van der Waals surface area contributed by atoms with Crippen molar-refractivity contribution in [3.05, 3.63) is 71.3 Å². The first-order valence-electron chi connectivity index (χ1n) is 8.94. The molecule has 0 aromatic heterocycles. The highest BCUT2D eigenvalue weighted by atomic mass is 19.1. The fraction of sp³-hybridized carbons (Fsp3) is 0.429. The molecule has 1 heterocycles. The Bertz CT molecular complexity index is 570. The molecule has 1 fully saturated rings. The van der Waals surface area contributed by atoms with Gasteiger partial charge in [-0.1, -0.05) is 37.1 Å². The highest BCUT2D eigenvalue weighted by Crippen LogP contribution is 2.31. The number of nitrogens with one attached hydrogen (secondary N) is 1. The van der Waals surface area contributed by atoms with Crippen molar-refractivity contribution in [2.45, 2.75) is 38.0 Å². The Morgan fingerprint density at radius 1 is 0.833 bits per heavy atom. The molecular formula is C21H25F2N. The topological polar surface area (TPSA) is 12.0 Å². The van der Waals surface area contributed by atoms with Gasteiger partial charge in [0.25, 0.3) is 0 Å². The fourth-order valence-electron chi connectivity index (χ4n) is 3.70. The third-order valence-corrected chi connectivity index (χ3v) is 5.11. The fourth-order valence-corrected chi connectivity index (χ4v) is 3.70. The van der Waals surface area contributed by atoms with E-state index in [2.05, 4.69) is 5.32 Å². The van der Waals surface area contributed by atoms with E-state index in [1.54, 1.807) is 0 Å². The molecule has 0 bridgehead atoms. The van der Waals surface area contributed by atoms with Gasteiger partial charge in [-0.25, -0.2) is 8.78 Å². The van der Waals surface area contributed by atoms with Crippen LogP contribution in [0.2, 0.25) is 0 Å². The molecule has 0 saturated carbocycles. The Labute approximate surface area is 143 Å². The average Bonchev–Trinajstić information content (AvgIpc) is 2.62. The predicted molar refractivity (Wildman–Crippen MR) is 94.1 cm³/mol. The van der Waals surface area contributed by atoms with E-state index in [-0.39, 0.29) is 17.6 Å². The lowest BCUT2D eigenvalue weighted by atomic mass is 9.84. The van der Waals surface area contributed by atoms with Gasteiger partial charge in [-0.2, -0.15) is 0 Å². The van der Waals surface area contributed by atoms with Crippen LogP contribution in [0.1, 0.15) is 49.1 Å². The lowest BCUT2D eigenvalue weighted by Gasteiger charge is -2.24. The van der Waals surface area contributed by atoms with E-state index in [0.29, 0.717) is 0 Å². The standard InChI is InChI=1S/C21H25F2N/c22-19-8-4-17(5-9-19)21(18-6-10-20(23)11-7-18)3-1-2-16-12-14-24-15-13-16/h4-11,16,21,24H,1-3,12-15H2. The number of hydrogen-bond acceptors (Lipinski definition) is 1. The molecule has 3 heteroatoms. The molecule has 0 spiro atoms. The molecule has 0 atom stereocenters. The summed E-state index contributed by atoms with van der Waals surface area (Å²) < 4.78 is 26.5. The molecule has 0 radical (unpaired) electrons. The second kappa shape index (κ2) is 8.39. The minimum Gasteiger partial charge on any atom is -0.317 e. The summed E-state index contributed by atoms with van der Waals surface area (Å²) in [6.45, 7) is 2.26. The van der Waals surface area contributed by atoms with Gasteiger partial charge in [-0.15, -0.1) is 0 Å². The van der Waals surface area contributed by atoms with Gasteiger partial charge >= 0.3 is 0 Å². The third kappa shape index (κ3) is 4.64. The van der Waals surface area contributed by atoms with Gasteiger partial charge in [0.2, 0.25) is 0 Å². The summed E-state index contributed by atoms with van der Waals surface area (Å²) >= 11 is 0. The van der Waals surface area contributed by atoms with Crippen LogP contribution in [0.3, 0.4) is 0 Å². The second-order valence-corrected chi connectivity index (χ2v) is 6.78. The summed E-state index contributed by atoms with van der Waals surface area (Å²) in [5.41, 5.74) is 2.21. The molecule has 0 unspecified atom stereocenters. The van der Waals surface area contributed by atoms with Crippen LogP contribution in [0.15, 0.2) is 48.5 Å². The van der Waals surface area contributed by atoms with Crippen molar-refractivity contribution in [3.8, 4) is 0 Å². The molecule has 1 aliphatic heterocycles. The highest BCUT2D eigenvalue weighted by molar-refractivity contribution is 5.32. The number of rotatable bonds is 6. The Morgan fingerprint density at radius 3 is 1.83 bits per heavy atom. The molecule has 24 heavy (non-hydrogen) atoms. The van der Waals surface area contributed by atoms with Gasteiger partial charge in [0.05, 0.1) is 0 Å². The Hall–Kier alpha value is -1.74. The third-order valence-electron chi connectivity index (χ3n) is 5.11. The zero-order valence-electron chi connectivity index (χ0n) is 14.0. The number of benzene rings is 2. The quantitative estimate of drug-likeness (QED) is 0.761. The molecule has 1 N–H and O–H groups in total. The first-order valence-corrected chi connectivity index (χ1v) is 8.94. The van der Waals surface area contributed by atoms with E-state index in [4.69, 9.17) is 0 Å². The Kier molecular flexibility index (Phi) is 5.97. The Morgan fingerprint density at radius 2 is 1.33 bits per heavy atom. The van der Waals surface area contributed by atoms with Crippen LogP contribution in [-0.2, 0) is 0 Å². The minimum absolute atomic E-state index is 0.202. The SMILES string of the molecule is Fc1ccc(C(CCCC2CCNCC2)c2ccc(F)cc2)cc1. The van der Waals surface area contributed by atoms with Crippen molar-refractivity contribution in [1.29, 1.82) is 0 Å². The van der Waals surface area contributed by atoms with Crippen molar-refractivity contribution in [2.24, 2.45) is 5.92 Å². The van der Waals surface area contributed by atoms with E-state index in [9.17, 15) is 8.78 Å².